The maximum Gasteiger partial charge on any atom is 0.410 e. The number of unbranched alkanes of at least 4 members (excludes halogenated alkanes) is 3. The molecule has 1 aromatic carbocycles. The number of benzene rings is 1. The topological polar surface area (TPSA) is 76.1 Å². The summed E-state index contributed by atoms with van der Waals surface area (Å²) in [7, 11) is 0. The van der Waals surface area contributed by atoms with Crippen LogP contribution in [0.25, 0.3) is 0 Å². The summed E-state index contributed by atoms with van der Waals surface area (Å²) in [5, 5.41) is 10.1. The van der Waals surface area contributed by atoms with E-state index in [0.717, 1.165) is 18.9 Å². The molecule has 1 N–H and O–H groups in total. The lowest BCUT2D eigenvalue weighted by molar-refractivity contribution is -0.147. The molecule has 1 saturated heterocycles. The van der Waals surface area contributed by atoms with Crippen molar-refractivity contribution in [1.29, 1.82) is 0 Å². The van der Waals surface area contributed by atoms with Crippen molar-refractivity contribution in [3.05, 3.63) is 48.0 Å². The zero-order valence-corrected chi connectivity index (χ0v) is 18.7. The molecular formula is C24H33F2NO5. The van der Waals surface area contributed by atoms with Crippen LogP contribution in [0.1, 0.15) is 57.9 Å². The Hall–Kier alpha value is -2.48. The first-order valence-electron chi connectivity index (χ1n) is 11.1. The maximum atomic E-state index is 14.5. The van der Waals surface area contributed by atoms with E-state index in [1.54, 1.807) is 6.07 Å². The van der Waals surface area contributed by atoms with Crippen molar-refractivity contribution in [1.82, 2.24) is 4.90 Å². The lowest BCUT2D eigenvalue weighted by atomic mass is 10.0. The Bertz CT molecular complexity index is 754. The summed E-state index contributed by atoms with van der Waals surface area (Å²) >= 11 is 0. The molecule has 1 aliphatic heterocycles. The Morgan fingerprint density at radius 2 is 1.94 bits per heavy atom. The molecule has 0 spiro atoms. The number of rotatable bonds is 12. The fourth-order valence-electron chi connectivity index (χ4n) is 3.51. The normalized spacial score (nSPS) is 18.1. The van der Waals surface area contributed by atoms with E-state index in [0.29, 0.717) is 32.2 Å². The Balaban J connectivity index is 1.83. The van der Waals surface area contributed by atoms with Gasteiger partial charge in [0.15, 0.2) is 0 Å². The number of nitrogens with zero attached hydrogens (tertiary/aromatic N) is 1. The number of carbonyl (C=O) groups excluding carboxylic acids is 2. The second-order valence-corrected chi connectivity index (χ2v) is 8.19. The smallest absolute Gasteiger partial charge is 0.410 e. The molecule has 0 bridgehead atoms. The first kappa shape index (κ1) is 25.8. The number of cyclic esters (lactones) is 1. The molecule has 1 fully saturated rings. The Morgan fingerprint density at radius 1 is 1.25 bits per heavy atom. The van der Waals surface area contributed by atoms with Gasteiger partial charge in [0.05, 0.1) is 18.8 Å². The molecule has 0 radical (unpaired) electrons. The SMILES string of the molecule is CC(C)OC(=O)CCCCCCN1C(=O)OCC[C@@H]1C=CC(O)C(F)(F)c1ccccc1. The minimum atomic E-state index is -3.44. The molecule has 1 amide bonds. The number of carbonyl (C=O) groups is 2. The van der Waals surface area contributed by atoms with E-state index in [9.17, 15) is 23.5 Å². The van der Waals surface area contributed by atoms with Crippen molar-refractivity contribution in [2.45, 2.75) is 76.5 Å². The predicted octanol–water partition coefficient (Wildman–Crippen LogP) is 4.81. The van der Waals surface area contributed by atoms with Gasteiger partial charge in [-0.1, -0.05) is 55.3 Å². The van der Waals surface area contributed by atoms with Crippen molar-refractivity contribution in [3.63, 3.8) is 0 Å². The van der Waals surface area contributed by atoms with E-state index in [2.05, 4.69) is 0 Å². The van der Waals surface area contributed by atoms with Crippen LogP contribution in [0.3, 0.4) is 0 Å². The quantitative estimate of drug-likeness (QED) is 0.279. The minimum absolute atomic E-state index is 0.122. The predicted molar refractivity (Wildman–Crippen MR) is 116 cm³/mol. The fourth-order valence-corrected chi connectivity index (χ4v) is 3.51. The Kier molecular flexibility index (Phi) is 10.1. The summed E-state index contributed by atoms with van der Waals surface area (Å²) in [6.45, 7) is 4.23. The highest BCUT2D eigenvalue weighted by Gasteiger charge is 2.39. The number of alkyl halides is 2. The van der Waals surface area contributed by atoms with Gasteiger partial charge in [-0.15, -0.1) is 0 Å². The summed E-state index contributed by atoms with van der Waals surface area (Å²) in [5.74, 6) is -3.65. The van der Waals surface area contributed by atoms with Gasteiger partial charge in [0.1, 0.15) is 6.10 Å². The van der Waals surface area contributed by atoms with Crippen LogP contribution in [0.2, 0.25) is 0 Å². The first-order chi connectivity index (χ1) is 15.2. The van der Waals surface area contributed by atoms with Crippen molar-refractivity contribution < 1.29 is 33.0 Å². The third-order valence-corrected chi connectivity index (χ3v) is 5.22. The van der Waals surface area contributed by atoms with Crippen molar-refractivity contribution >= 4 is 12.1 Å². The monoisotopic (exact) mass is 453 g/mol. The van der Waals surface area contributed by atoms with Gasteiger partial charge in [-0.3, -0.25) is 4.79 Å². The molecule has 8 heteroatoms. The van der Waals surface area contributed by atoms with Crippen molar-refractivity contribution in [2.24, 2.45) is 0 Å². The van der Waals surface area contributed by atoms with Crippen LogP contribution < -0.4 is 0 Å². The van der Waals surface area contributed by atoms with Crippen LogP contribution in [0.15, 0.2) is 42.5 Å². The number of halogens is 2. The molecule has 2 atom stereocenters. The lowest BCUT2D eigenvalue weighted by Crippen LogP contribution is -2.45. The van der Waals surface area contributed by atoms with Crippen LogP contribution in [0.4, 0.5) is 13.6 Å². The first-order valence-corrected chi connectivity index (χ1v) is 11.1. The number of aliphatic hydroxyl groups excluding tert-OH is 1. The minimum Gasteiger partial charge on any atom is -0.463 e. The molecule has 1 unspecified atom stereocenters. The molecule has 1 aromatic rings. The molecule has 32 heavy (non-hydrogen) atoms. The molecule has 0 saturated carbocycles. The molecule has 2 rings (SSSR count). The maximum absolute atomic E-state index is 14.5. The van der Waals surface area contributed by atoms with E-state index in [-0.39, 0.29) is 24.2 Å². The second-order valence-electron chi connectivity index (χ2n) is 8.19. The second kappa shape index (κ2) is 12.5. The van der Waals surface area contributed by atoms with E-state index < -0.39 is 24.2 Å². The summed E-state index contributed by atoms with van der Waals surface area (Å²) in [4.78, 5) is 25.2. The van der Waals surface area contributed by atoms with Crippen LogP contribution >= 0.6 is 0 Å². The van der Waals surface area contributed by atoms with Gasteiger partial charge in [0, 0.05) is 24.9 Å². The van der Waals surface area contributed by atoms with E-state index >= 15 is 0 Å². The third kappa shape index (κ3) is 7.89. The lowest BCUT2D eigenvalue weighted by Gasteiger charge is -2.33. The van der Waals surface area contributed by atoms with Crippen LogP contribution in [0, 0.1) is 0 Å². The van der Waals surface area contributed by atoms with Crippen LogP contribution in [-0.4, -0.2) is 53.5 Å². The number of aliphatic hydroxyl groups is 1. The summed E-state index contributed by atoms with van der Waals surface area (Å²) in [6, 6.07) is 6.73. The van der Waals surface area contributed by atoms with Gasteiger partial charge in [-0.2, -0.15) is 8.78 Å². The molecular weight excluding hydrogens is 420 g/mol. The number of hydrogen-bond acceptors (Lipinski definition) is 5. The highest BCUT2D eigenvalue weighted by molar-refractivity contribution is 5.69. The number of esters is 1. The Labute approximate surface area is 188 Å². The number of amides is 1. The summed E-state index contributed by atoms with van der Waals surface area (Å²) in [5.41, 5.74) is -0.269. The van der Waals surface area contributed by atoms with Gasteiger partial charge in [0.25, 0.3) is 0 Å². The van der Waals surface area contributed by atoms with Gasteiger partial charge < -0.3 is 19.5 Å². The van der Waals surface area contributed by atoms with Crippen molar-refractivity contribution in [3.8, 4) is 0 Å². The van der Waals surface area contributed by atoms with Gasteiger partial charge in [-0.25, -0.2) is 4.79 Å². The van der Waals surface area contributed by atoms with Gasteiger partial charge in [-0.05, 0) is 26.7 Å². The van der Waals surface area contributed by atoms with Crippen molar-refractivity contribution in [2.75, 3.05) is 13.2 Å². The zero-order valence-electron chi connectivity index (χ0n) is 18.7. The number of ether oxygens (including phenoxy) is 2. The molecule has 0 aromatic heterocycles. The van der Waals surface area contributed by atoms with Gasteiger partial charge in [0.2, 0.25) is 0 Å². The largest absolute Gasteiger partial charge is 0.463 e. The highest BCUT2D eigenvalue weighted by atomic mass is 19.3. The number of hydrogen-bond donors (Lipinski definition) is 1. The molecule has 1 aliphatic rings. The van der Waals surface area contributed by atoms with Crippen LogP contribution in [-0.2, 0) is 20.2 Å². The average Bonchev–Trinajstić information content (AvgIpc) is 2.75. The third-order valence-electron chi connectivity index (χ3n) is 5.22. The molecule has 178 valence electrons. The molecule has 1 heterocycles. The summed E-state index contributed by atoms with van der Waals surface area (Å²) < 4.78 is 39.2. The fraction of sp³-hybridized carbons (Fsp3) is 0.583. The zero-order chi connectivity index (χ0) is 23.6. The van der Waals surface area contributed by atoms with E-state index in [1.807, 2.05) is 13.8 Å². The average molecular weight is 454 g/mol. The van der Waals surface area contributed by atoms with E-state index in [1.165, 1.54) is 35.2 Å². The van der Waals surface area contributed by atoms with E-state index in [4.69, 9.17) is 9.47 Å². The highest BCUT2D eigenvalue weighted by Crippen LogP contribution is 2.32. The Morgan fingerprint density at radius 3 is 2.62 bits per heavy atom. The standard InChI is InChI=1S/C24H33F2NO5/c1-18(2)32-22(29)12-8-3-4-9-16-27-20(15-17-31-23(27)30)13-14-21(28)24(25,26)19-10-6-5-7-11-19/h5-7,10-11,13-14,18,20-21,28H,3-4,8-9,12,15-17H2,1-2H3/t20-,21?/m0/s1. The molecule has 0 aliphatic carbocycles. The van der Waals surface area contributed by atoms with Gasteiger partial charge >= 0.3 is 18.0 Å². The summed E-state index contributed by atoms with van der Waals surface area (Å²) in [6.07, 6.45) is 3.77. The van der Waals surface area contributed by atoms with Crippen LogP contribution in [0.5, 0.6) is 0 Å². The molecule has 6 nitrogen and oxygen atoms in total.